The molecule has 0 atom stereocenters. The van der Waals surface area contributed by atoms with Crippen molar-refractivity contribution in [2.75, 3.05) is 18.0 Å². The minimum absolute atomic E-state index is 0.101. The van der Waals surface area contributed by atoms with E-state index in [1.54, 1.807) is 24.4 Å². The van der Waals surface area contributed by atoms with Gasteiger partial charge in [-0.15, -0.1) is 5.10 Å². The van der Waals surface area contributed by atoms with Crippen LogP contribution in [0, 0.1) is 5.82 Å². The number of piperidine rings is 1. The molecule has 1 aliphatic rings. The highest BCUT2D eigenvalue weighted by Gasteiger charge is 2.22. The van der Waals surface area contributed by atoms with E-state index in [2.05, 4.69) is 30.4 Å². The summed E-state index contributed by atoms with van der Waals surface area (Å²) in [4.78, 5) is 10.7. The van der Waals surface area contributed by atoms with Crippen LogP contribution in [-0.4, -0.2) is 49.4 Å². The molecule has 0 radical (unpaired) electrons. The molecule has 0 saturated carbocycles. The molecular weight excluding hydrogens is 433 g/mol. The second-order valence-electron chi connectivity index (χ2n) is 7.43. The number of ether oxygens (including phenoxy) is 1. The van der Waals surface area contributed by atoms with Gasteiger partial charge >= 0.3 is 0 Å². The van der Waals surface area contributed by atoms with Gasteiger partial charge in [-0.05, 0) is 46.3 Å². The van der Waals surface area contributed by atoms with Gasteiger partial charge in [0, 0.05) is 43.8 Å². The zero-order valence-corrected chi connectivity index (χ0v) is 17.7. The van der Waals surface area contributed by atoms with Crippen LogP contribution in [0.2, 0.25) is 5.15 Å². The van der Waals surface area contributed by atoms with Crippen molar-refractivity contribution >= 4 is 17.5 Å². The Kier molecular flexibility index (Phi) is 5.64. The average molecular weight is 452 g/mol. The van der Waals surface area contributed by atoms with Crippen molar-refractivity contribution in [3.05, 3.63) is 72.0 Å². The largest absolute Gasteiger partial charge is 0.490 e. The average Bonchev–Trinajstić information content (AvgIpc) is 3.35. The van der Waals surface area contributed by atoms with Crippen molar-refractivity contribution in [2.24, 2.45) is 0 Å². The number of halogens is 2. The molecule has 0 bridgehead atoms. The van der Waals surface area contributed by atoms with Crippen LogP contribution in [0.15, 0.2) is 61.1 Å². The Hall–Kier alpha value is -3.59. The lowest BCUT2D eigenvalue weighted by Gasteiger charge is -2.32. The minimum Gasteiger partial charge on any atom is -0.490 e. The lowest BCUT2D eigenvalue weighted by Crippen LogP contribution is -2.39. The van der Waals surface area contributed by atoms with Crippen molar-refractivity contribution in [2.45, 2.75) is 18.9 Å². The third-order valence-electron chi connectivity index (χ3n) is 5.37. The second-order valence-corrected chi connectivity index (χ2v) is 7.81. The molecule has 1 fully saturated rings. The van der Waals surface area contributed by atoms with Crippen LogP contribution in [0.1, 0.15) is 12.8 Å². The highest BCUT2D eigenvalue weighted by Crippen LogP contribution is 2.28. The molecule has 0 spiro atoms. The Morgan fingerprint density at radius 3 is 2.53 bits per heavy atom. The molecule has 0 aliphatic carbocycles. The molecular formula is C22H19ClFN7O. The Morgan fingerprint density at radius 1 is 1.03 bits per heavy atom. The summed E-state index contributed by atoms with van der Waals surface area (Å²) in [6.45, 7) is 1.59. The Balaban J connectivity index is 1.21. The third-order valence-corrected chi connectivity index (χ3v) is 5.58. The fraction of sp³-hybridized carbons (Fsp3) is 0.227. The first-order chi connectivity index (χ1) is 15.7. The lowest BCUT2D eigenvalue weighted by atomic mass is 10.0. The van der Waals surface area contributed by atoms with Crippen LogP contribution >= 0.6 is 11.6 Å². The predicted octanol–water partition coefficient (Wildman–Crippen LogP) is 3.96. The van der Waals surface area contributed by atoms with E-state index in [0.717, 1.165) is 37.2 Å². The van der Waals surface area contributed by atoms with Crippen LogP contribution < -0.4 is 9.64 Å². The number of aromatic nitrogens is 6. The van der Waals surface area contributed by atoms with E-state index in [1.165, 1.54) is 17.1 Å². The van der Waals surface area contributed by atoms with Gasteiger partial charge in [0.05, 0.1) is 5.69 Å². The molecule has 0 unspecified atom stereocenters. The van der Waals surface area contributed by atoms with E-state index in [-0.39, 0.29) is 11.9 Å². The summed E-state index contributed by atoms with van der Waals surface area (Å²) >= 11 is 5.96. The number of nitrogens with zero attached hydrogens (tertiary/aromatic N) is 7. The zero-order valence-electron chi connectivity index (χ0n) is 17.0. The topological polar surface area (TPSA) is 81.9 Å². The molecule has 5 rings (SSSR count). The van der Waals surface area contributed by atoms with Crippen molar-refractivity contribution in [3.63, 3.8) is 0 Å². The van der Waals surface area contributed by atoms with Crippen molar-refractivity contribution in [3.8, 4) is 22.6 Å². The molecule has 162 valence electrons. The first-order valence-electron chi connectivity index (χ1n) is 10.2. The smallest absolute Gasteiger partial charge is 0.226 e. The van der Waals surface area contributed by atoms with Crippen molar-refractivity contribution in [1.82, 2.24) is 30.2 Å². The summed E-state index contributed by atoms with van der Waals surface area (Å²) in [5.41, 5.74) is 1.83. The van der Waals surface area contributed by atoms with Gasteiger partial charge < -0.3 is 9.64 Å². The normalized spacial score (nSPS) is 14.5. The molecule has 8 nitrogen and oxygen atoms in total. The maximum atomic E-state index is 14.7. The standard InChI is InChI=1S/C22H19ClFN7O/c23-21-7-10-25-22(27-21)30-11-8-18(9-12-30)32-17-4-1-15(2-5-17)19-6-3-16(13-20(19)24)31-14-26-28-29-31/h1-7,10,13-14,18H,8-9,11-12H2. The molecule has 32 heavy (non-hydrogen) atoms. The molecule has 1 saturated heterocycles. The van der Waals surface area contributed by atoms with Gasteiger partial charge in [0.25, 0.3) is 0 Å². The van der Waals surface area contributed by atoms with E-state index in [1.807, 2.05) is 24.3 Å². The SMILES string of the molecule is Fc1cc(-n2cnnn2)ccc1-c1ccc(OC2CCN(c3nccc(Cl)n3)CC2)cc1. The van der Waals surface area contributed by atoms with E-state index in [0.29, 0.717) is 22.4 Å². The summed E-state index contributed by atoms with van der Waals surface area (Å²) in [6.07, 6.45) is 4.89. The van der Waals surface area contributed by atoms with Gasteiger partial charge in [-0.1, -0.05) is 23.7 Å². The van der Waals surface area contributed by atoms with Crippen molar-refractivity contribution < 1.29 is 9.13 Å². The van der Waals surface area contributed by atoms with E-state index < -0.39 is 0 Å². The summed E-state index contributed by atoms with van der Waals surface area (Å²) in [5.74, 6) is 1.06. The molecule has 0 amide bonds. The number of anilines is 1. The molecule has 4 aromatic rings. The van der Waals surface area contributed by atoms with Crippen LogP contribution in [0.25, 0.3) is 16.8 Å². The van der Waals surface area contributed by atoms with Gasteiger partial charge in [-0.2, -0.15) is 0 Å². The monoisotopic (exact) mass is 451 g/mol. The Labute approximate surface area is 188 Å². The van der Waals surface area contributed by atoms with Gasteiger partial charge in [0.2, 0.25) is 5.95 Å². The maximum Gasteiger partial charge on any atom is 0.226 e. The number of hydrogen-bond acceptors (Lipinski definition) is 7. The van der Waals surface area contributed by atoms with E-state index in [9.17, 15) is 4.39 Å². The highest BCUT2D eigenvalue weighted by molar-refractivity contribution is 6.29. The molecule has 10 heteroatoms. The summed E-state index contributed by atoms with van der Waals surface area (Å²) in [6, 6.07) is 14.0. The summed E-state index contributed by atoms with van der Waals surface area (Å²) in [7, 11) is 0. The highest BCUT2D eigenvalue weighted by atomic mass is 35.5. The number of rotatable bonds is 5. The number of benzene rings is 2. The quantitative estimate of drug-likeness (QED) is 0.425. The lowest BCUT2D eigenvalue weighted by molar-refractivity contribution is 0.170. The first kappa shape index (κ1) is 20.3. The fourth-order valence-electron chi connectivity index (χ4n) is 3.72. The maximum absolute atomic E-state index is 14.7. The molecule has 2 aromatic carbocycles. The summed E-state index contributed by atoms with van der Waals surface area (Å²) in [5, 5.41) is 11.4. The van der Waals surface area contributed by atoms with Crippen LogP contribution in [0.3, 0.4) is 0 Å². The Morgan fingerprint density at radius 2 is 1.84 bits per heavy atom. The van der Waals surface area contributed by atoms with Gasteiger partial charge in [-0.25, -0.2) is 19.0 Å². The van der Waals surface area contributed by atoms with Crippen LogP contribution in [0.5, 0.6) is 5.75 Å². The van der Waals surface area contributed by atoms with E-state index in [4.69, 9.17) is 16.3 Å². The molecule has 2 aromatic heterocycles. The predicted molar refractivity (Wildman–Crippen MR) is 117 cm³/mol. The van der Waals surface area contributed by atoms with Crippen molar-refractivity contribution in [1.29, 1.82) is 0 Å². The van der Waals surface area contributed by atoms with Gasteiger partial charge in [-0.3, -0.25) is 0 Å². The first-order valence-corrected chi connectivity index (χ1v) is 10.6. The van der Waals surface area contributed by atoms with Crippen LogP contribution in [-0.2, 0) is 0 Å². The van der Waals surface area contributed by atoms with Gasteiger partial charge in [0.15, 0.2) is 0 Å². The molecule has 0 N–H and O–H groups in total. The number of hydrogen-bond donors (Lipinski definition) is 0. The number of tetrazole rings is 1. The fourth-order valence-corrected chi connectivity index (χ4v) is 3.85. The van der Waals surface area contributed by atoms with Gasteiger partial charge in [0.1, 0.15) is 29.2 Å². The summed E-state index contributed by atoms with van der Waals surface area (Å²) < 4.78 is 22.2. The second kappa shape index (κ2) is 8.88. The minimum atomic E-state index is -0.345. The third kappa shape index (κ3) is 4.38. The van der Waals surface area contributed by atoms with E-state index >= 15 is 0 Å². The zero-order chi connectivity index (χ0) is 21.9. The molecule has 1 aliphatic heterocycles. The van der Waals surface area contributed by atoms with Crippen LogP contribution in [0.4, 0.5) is 10.3 Å². The Bertz CT molecular complexity index is 1200. The molecule has 3 heterocycles.